The summed E-state index contributed by atoms with van der Waals surface area (Å²) in [6.07, 6.45) is 0. The molecule has 0 bridgehead atoms. The number of fused-ring (bicyclic) bond motifs is 11. The zero-order valence-corrected chi connectivity index (χ0v) is 21.2. The molecule has 1 aliphatic carbocycles. The molecule has 1 unspecified atom stereocenters. The van der Waals surface area contributed by atoms with Crippen molar-refractivity contribution in [3.05, 3.63) is 140 Å². The molecule has 34 heavy (non-hydrogen) atoms. The molecule has 0 saturated heterocycles. The second-order valence-electron chi connectivity index (χ2n) is 8.75. The van der Waals surface area contributed by atoms with Crippen molar-refractivity contribution in [2.75, 3.05) is 0 Å². The van der Waals surface area contributed by atoms with E-state index >= 15 is 0 Å². The fraction of sp³-hybridized carbons (Fsp3) is 0.0323. The van der Waals surface area contributed by atoms with Gasteiger partial charge in [0.25, 0.3) is 0 Å². The molecule has 5 aromatic carbocycles. The molecular formula is C31H18Br2O. The van der Waals surface area contributed by atoms with Crippen molar-refractivity contribution in [1.82, 2.24) is 0 Å². The monoisotopic (exact) mass is 564 g/mol. The van der Waals surface area contributed by atoms with Crippen molar-refractivity contribution in [3.63, 3.8) is 0 Å². The lowest BCUT2D eigenvalue weighted by molar-refractivity contribution is 0.432. The topological polar surface area (TPSA) is 9.23 Å². The zero-order valence-electron chi connectivity index (χ0n) is 18.1. The van der Waals surface area contributed by atoms with Gasteiger partial charge in [-0.1, -0.05) is 101 Å². The quantitative estimate of drug-likeness (QED) is 0.178. The Morgan fingerprint density at radius 1 is 0.500 bits per heavy atom. The van der Waals surface area contributed by atoms with Crippen molar-refractivity contribution >= 4 is 31.9 Å². The van der Waals surface area contributed by atoms with Crippen LogP contribution in [-0.2, 0) is 5.41 Å². The highest BCUT2D eigenvalue weighted by molar-refractivity contribution is 9.10. The van der Waals surface area contributed by atoms with Crippen LogP contribution in [0.2, 0.25) is 0 Å². The maximum absolute atomic E-state index is 6.55. The lowest BCUT2D eigenvalue weighted by atomic mass is 9.62. The predicted octanol–water partition coefficient (Wildman–Crippen LogP) is 9.35. The van der Waals surface area contributed by atoms with E-state index in [9.17, 15) is 0 Å². The molecule has 1 aliphatic heterocycles. The van der Waals surface area contributed by atoms with E-state index in [0.717, 1.165) is 31.6 Å². The van der Waals surface area contributed by atoms with Crippen LogP contribution in [0.4, 0.5) is 0 Å². The first kappa shape index (κ1) is 20.3. The minimum Gasteiger partial charge on any atom is -0.455 e. The van der Waals surface area contributed by atoms with E-state index < -0.39 is 5.41 Å². The Balaban J connectivity index is 1.78. The fourth-order valence-electron chi connectivity index (χ4n) is 5.82. The predicted molar refractivity (Wildman–Crippen MR) is 145 cm³/mol. The third-order valence-electron chi connectivity index (χ3n) is 7.10. The van der Waals surface area contributed by atoms with Crippen molar-refractivity contribution in [3.8, 4) is 33.8 Å². The lowest BCUT2D eigenvalue weighted by Gasteiger charge is -2.42. The van der Waals surface area contributed by atoms with E-state index in [2.05, 4.69) is 135 Å². The Kier molecular flexibility index (Phi) is 4.42. The van der Waals surface area contributed by atoms with Crippen molar-refractivity contribution in [2.24, 2.45) is 0 Å². The van der Waals surface area contributed by atoms with Crippen molar-refractivity contribution in [1.29, 1.82) is 0 Å². The highest BCUT2D eigenvalue weighted by Gasteiger charge is 2.49. The molecular weight excluding hydrogens is 548 g/mol. The number of hydrogen-bond acceptors (Lipinski definition) is 1. The van der Waals surface area contributed by atoms with Gasteiger partial charge in [-0.2, -0.15) is 0 Å². The second kappa shape index (κ2) is 7.43. The van der Waals surface area contributed by atoms with Gasteiger partial charge in [0.05, 0.1) is 9.89 Å². The van der Waals surface area contributed by atoms with Crippen molar-refractivity contribution in [2.45, 2.75) is 5.41 Å². The average molecular weight is 566 g/mol. The molecule has 5 aromatic rings. The van der Waals surface area contributed by atoms with E-state index in [-0.39, 0.29) is 0 Å². The van der Waals surface area contributed by atoms with Crippen LogP contribution in [0, 0.1) is 0 Å². The minimum absolute atomic E-state index is 0.542. The molecule has 1 heterocycles. The summed E-state index contributed by atoms with van der Waals surface area (Å²) in [6, 6.07) is 39.1. The van der Waals surface area contributed by atoms with E-state index in [1.807, 2.05) is 6.07 Å². The largest absolute Gasteiger partial charge is 0.455 e. The summed E-state index contributed by atoms with van der Waals surface area (Å²) in [5, 5.41) is 0. The number of rotatable bonds is 0. The number of hydrogen-bond donors (Lipinski definition) is 0. The molecule has 2 aliphatic rings. The van der Waals surface area contributed by atoms with Gasteiger partial charge in [0.1, 0.15) is 11.5 Å². The summed E-state index contributed by atoms with van der Waals surface area (Å²) in [6.45, 7) is 0. The summed E-state index contributed by atoms with van der Waals surface area (Å²) in [4.78, 5) is 0. The summed E-state index contributed by atoms with van der Waals surface area (Å²) < 4.78 is 8.57. The van der Waals surface area contributed by atoms with Gasteiger partial charge in [-0.05, 0) is 73.6 Å². The lowest BCUT2D eigenvalue weighted by Crippen LogP contribution is -2.34. The molecule has 162 valence electrons. The Hall–Kier alpha value is -3.14. The van der Waals surface area contributed by atoms with Crippen LogP contribution in [0.1, 0.15) is 22.3 Å². The minimum atomic E-state index is -0.542. The Morgan fingerprint density at radius 2 is 1.12 bits per heavy atom. The third-order valence-corrected chi connectivity index (χ3v) is 8.22. The molecule has 1 atom stereocenters. The van der Waals surface area contributed by atoms with Crippen LogP contribution in [-0.4, -0.2) is 0 Å². The van der Waals surface area contributed by atoms with Crippen LogP contribution < -0.4 is 4.74 Å². The number of ether oxygens (including phenoxy) is 1. The maximum Gasteiger partial charge on any atom is 0.146 e. The van der Waals surface area contributed by atoms with Crippen LogP contribution in [0.5, 0.6) is 11.5 Å². The molecule has 0 fully saturated rings. The van der Waals surface area contributed by atoms with E-state index in [0.29, 0.717) is 0 Å². The van der Waals surface area contributed by atoms with Gasteiger partial charge in [-0.3, -0.25) is 0 Å². The first-order valence-electron chi connectivity index (χ1n) is 11.3. The van der Waals surface area contributed by atoms with Crippen LogP contribution in [0.15, 0.2) is 118 Å². The maximum atomic E-state index is 6.55. The molecule has 1 spiro atoms. The summed E-state index contributed by atoms with van der Waals surface area (Å²) in [7, 11) is 0. The van der Waals surface area contributed by atoms with E-state index in [1.54, 1.807) is 0 Å². The number of para-hydroxylation sites is 2. The Morgan fingerprint density at radius 3 is 1.94 bits per heavy atom. The molecule has 7 rings (SSSR count). The summed E-state index contributed by atoms with van der Waals surface area (Å²) in [5.74, 6) is 1.76. The van der Waals surface area contributed by atoms with Gasteiger partial charge in [-0.25, -0.2) is 0 Å². The van der Waals surface area contributed by atoms with E-state index in [4.69, 9.17) is 4.74 Å². The molecule has 0 radical (unpaired) electrons. The highest BCUT2D eigenvalue weighted by atomic mass is 79.9. The smallest absolute Gasteiger partial charge is 0.146 e. The average Bonchev–Trinajstić information content (AvgIpc) is 2.97. The van der Waals surface area contributed by atoms with Gasteiger partial charge in [0.15, 0.2) is 0 Å². The molecule has 0 aromatic heterocycles. The van der Waals surface area contributed by atoms with Crippen molar-refractivity contribution < 1.29 is 4.74 Å². The van der Waals surface area contributed by atoms with Gasteiger partial charge in [0, 0.05) is 15.6 Å². The van der Waals surface area contributed by atoms with Crippen LogP contribution >= 0.6 is 31.9 Å². The van der Waals surface area contributed by atoms with E-state index in [1.165, 1.54) is 33.4 Å². The number of benzene rings is 5. The number of halogens is 2. The molecule has 3 heteroatoms. The fourth-order valence-corrected chi connectivity index (χ4v) is 6.63. The van der Waals surface area contributed by atoms with Gasteiger partial charge in [-0.15, -0.1) is 0 Å². The molecule has 0 amide bonds. The first-order valence-corrected chi connectivity index (χ1v) is 12.8. The van der Waals surface area contributed by atoms with Gasteiger partial charge >= 0.3 is 0 Å². The standard InChI is InChI=1S/C31H18Br2O/c32-19-16-17-25-23(18-19)21-9-2-1-8-20(21)22-10-3-4-11-24(22)31(25)26-12-5-6-15-29(26)34-30-27(31)13-7-14-28(30)33/h1-18H. The van der Waals surface area contributed by atoms with Crippen LogP contribution in [0.3, 0.4) is 0 Å². The second-order valence-corrected chi connectivity index (χ2v) is 10.5. The first-order chi connectivity index (χ1) is 16.7. The van der Waals surface area contributed by atoms with Gasteiger partial charge < -0.3 is 4.74 Å². The molecule has 0 N–H and O–H groups in total. The molecule has 0 saturated carbocycles. The Labute approximate surface area is 215 Å². The molecule has 1 nitrogen and oxygen atoms in total. The summed E-state index contributed by atoms with van der Waals surface area (Å²) in [5.41, 5.74) is 9.23. The third kappa shape index (κ3) is 2.60. The zero-order chi connectivity index (χ0) is 22.9. The van der Waals surface area contributed by atoms with Gasteiger partial charge in [0.2, 0.25) is 0 Å². The Bertz CT molecular complexity index is 1620. The SMILES string of the molecule is Brc1ccc2c(c1)-c1ccccc1-c1ccccc1C21c2ccccc2Oc2c(Br)cccc21. The normalized spacial score (nSPS) is 16.9. The highest BCUT2D eigenvalue weighted by Crippen LogP contribution is 2.61. The van der Waals surface area contributed by atoms with Crippen LogP contribution in [0.25, 0.3) is 22.3 Å². The summed E-state index contributed by atoms with van der Waals surface area (Å²) >= 11 is 7.55.